The van der Waals surface area contributed by atoms with Crippen molar-refractivity contribution >= 4 is 17.8 Å². The number of likely N-dealkylation sites (tertiary alicyclic amines) is 1. The SMILES string of the molecule is COc1ccc(C(=O)N2CCC([C@]3(C)NC(=O)N(Cc4cccc(OC)c4OC)C3=O)CC2)cc1. The molecule has 2 fully saturated rings. The molecule has 0 bridgehead atoms. The molecule has 0 saturated carbocycles. The summed E-state index contributed by atoms with van der Waals surface area (Å²) in [7, 11) is 4.65. The van der Waals surface area contributed by atoms with Crippen LogP contribution in [0.5, 0.6) is 17.2 Å². The monoisotopic (exact) mass is 481 g/mol. The molecule has 4 rings (SSSR count). The van der Waals surface area contributed by atoms with E-state index in [4.69, 9.17) is 14.2 Å². The second kappa shape index (κ2) is 9.85. The Morgan fingerprint density at radius 1 is 1.00 bits per heavy atom. The van der Waals surface area contributed by atoms with Gasteiger partial charge in [-0.3, -0.25) is 14.5 Å². The van der Waals surface area contributed by atoms with E-state index in [9.17, 15) is 14.4 Å². The third kappa shape index (κ3) is 4.50. The van der Waals surface area contributed by atoms with Gasteiger partial charge in [0.1, 0.15) is 11.3 Å². The Morgan fingerprint density at radius 3 is 2.29 bits per heavy atom. The summed E-state index contributed by atoms with van der Waals surface area (Å²) >= 11 is 0. The van der Waals surface area contributed by atoms with E-state index in [-0.39, 0.29) is 24.3 Å². The van der Waals surface area contributed by atoms with Crippen molar-refractivity contribution in [2.75, 3.05) is 34.4 Å². The van der Waals surface area contributed by atoms with Gasteiger partial charge in [0.15, 0.2) is 11.5 Å². The van der Waals surface area contributed by atoms with Crippen LogP contribution in [0.2, 0.25) is 0 Å². The van der Waals surface area contributed by atoms with Gasteiger partial charge >= 0.3 is 6.03 Å². The van der Waals surface area contributed by atoms with Crippen LogP contribution in [0.4, 0.5) is 4.79 Å². The highest BCUT2D eigenvalue weighted by molar-refractivity contribution is 6.07. The Bertz CT molecular complexity index is 1110. The van der Waals surface area contributed by atoms with Gasteiger partial charge in [0, 0.05) is 24.2 Å². The number of ether oxygens (including phenoxy) is 3. The Balaban J connectivity index is 1.43. The number of hydrogen-bond donors (Lipinski definition) is 1. The van der Waals surface area contributed by atoms with Gasteiger partial charge < -0.3 is 24.4 Å². The predicted molar refractivity (Wildman–Crippen MR) is 129 cm³/mol. The lowest BCUT2D eigenvalue weighted by molar-refractivity contribution is -0.133. The highest BCUT2D eigenvalue weighted by Crippen LogP contribution is 2.36. The molecule has 4 amide bonds. The van der Waals surface area contributed by atoms with Gasteiger partial charge in [-0.05, 0) is 56.0 Å². The number of amides is 4. The van der Waals surface area contributed by atoms with Crippen LogP contribution in [-0.2, 0) is 11.3 Å². The van der Waals surface area contributed by atoms with Crippen molar-refractivity contribution in [1.29, 1.82) is 0 Å². The second-order valence-corrected chi connectivity index (χ2v) is 8.97. The van der Waals surface area contributed by atoms with Gasteiger partial charge in [0.05, 0.1) is 27.9 Å². The summed E-state index contributed by atoms with van der Waals surface area (Å²) in [5.74, 6) is 1.32. The molecule has 9 nitrogen and oxygen atoms in total. The lowest BCUT2D eigenvalue weighted by atomic mass is 9.78. The number of imide groups is 1. The second-order valence-electron chi connectivity index (χ2n) is 8.97. The molecule has 2 saturated heterocycles. The fourth-order valence-electron chi connectivity index (χ4n) is 4.96. The number of methoxy groups -OCH3 is 3. The fraction of sp³-hybridized carbons (Fsp3) is 0.423. The maximum absolute atomic E-state index is 13.5. The minimum Gasteiger partial charge on any atom is -0.497 e. The van der Waals surface area contributed by atoms with Gasteiger partial charge in [0.2, 0.25) is 0 Å². The quantitative estimate of drug-likeness (QED) is 0.611. The van der Waals surface area contributed by atoms with E-state index in [0.717, 1.165) is 0 Å². The highest BCUT2D eigenvalue weighted by atomic mass is 16.5. The highest BCUT2D eigenvalue weighted by Gasteiger charge is 2.53. The van der Waals surface area contributed by atoms with Gasteiger partial charge in [-0.1, -0.05) is 12.1 Å². The average molecular weight is 482 g/mol. The molecule has 2 aliphatic rings. The molecule has 2 aliphatic heterocycles. The van der Waals surface area contributed by atoms with Crippen molar-refractivity contribution in [1.82, 2.24) is 15.1 Å². The van der Waals surface area contributed by atoms with Gasteiger partial charge in [-0.15, -0.1) is 0 Å². The number of rotatable bonds is 7. The van der Waals surface area contributed by atoms with Crippen molar-refractivity contribution in [3.63, 3.8) is 0 Å². The zero-order chi connectivity index (χ0) is 25.2. The molecule has 0 aliphatic carbocycles. The molecule has 1 atom stereocenters. The average Bonchev–Trinajstić information content (AvgIpc) is 3.11. The first-order valence-corrected chi connectivity index (χ1v) is 11.6. The Kier molecular flexibility index (Phi) is 6.86. The van der Waals surface area contributed by atoms with E-state index < -0.39 is 11.6 Å². The molecule has 0 spiro atoms. The maximum Gasteiger partial charge on any atom is 0.325 e. The number of hydrogen-bond acceptors (Lipinski definition) is 6. The van der Waals surface area contributed by atoms with Crippen molar-refractivity contribution < 1.29 is 28.6 Å². The summed E-state index contributed by atoms with van der Waals surface area (Å²) in [5, 5.41) is 2.92. The van der Waals surface area contributed by atoms with Crippen LogP contribution >= 0.6 is 0 Å². The number of nitrogens with zero attached hydrogens (tertiary/aromatic N) is 2. The number of carbonyl (C=O) groups excluding carboxylic acids is 3. The van der Waals surface area contributed by atoms with Crippen LogP contribution < -0.4 is 19.5 Å². The van der Waals surface area contributed by atoms with E-state index >= 15 is 0 Å². The summed E-state index contributed by atoms with van der Waals surface area (Å²) in [6.45, 7) is 2.88. The molecule has 2 heterocycles. The minimum atomic E-state index is -1.03. The summed E-state index contributed by atoms with van der Waals surface area (Å²) in [6, 6.07) is 12.0. The standard InChI is InChI=1S/C26H31N3O6/c1-26(19-12-14-28(15-13-19)23(30)17-8-10-20(33-2)11-9-17)24(31)29(25(32)27-26)16-18-6-5-7-21(34-3)22(18)35-4/h5-11,19H,12-16H2,1-4H3,(H,27,32)/t26-/m0/s1. The fourth-order valence-corrected chi connectivity index (χ4v) is 4.96. The van der Waals surface area contributed by atoms with E-state index in [1.807, 2.05) is 0 Å². The summed E-state index contributed by atoms with van der Waals surface area (Å²) in [4.78, 5) is 42.3. The van der Waals surface area contributed by atoms with Crippen molar-refractivity contribution in [3.05, 3.63) is 53.6 Å². The van der Waals surface area contributed by atoms with Gasteiger partial charge in [-0.2, -0.15) is 0 Å². The third-order valence-corrected chi connectivity index (χ3v) is 7.05. The first-order chi connectivity index (χ1) is 16.8. The van der Waals surface area contributed by atoms with E-state index in [0.29, 0.717) is 54.3 Å². The molecule has 0 radical (unpaired) electrons. The molecule has 0 aromatic heterocycles. The van der Waals surface area contributed by atoms with E-state index in [1.165, 1.54) is 19.1 Å². The maximum atomic E-state index is 13.5. The number of para-hydroxylation sites is 1. The molecule has 2 aromatic carbocycles. The summed E-state index contributed by atoms with van der Waals surface area (Å²) in [6.07, 6.45) is 1.22. The topological polar surface area (TPSA) is 97.4 Å². The lowest BCUT2D eigenvalue weighted by Crippen LogP contribution is -2.54. The van der Waals surface area contributed by atoms with E-state index in [2.05, 4.69) is 5.32 Å². The molecule has 35 heavy (non-hydrogen) atoms. The summed E-state index contributed by atoms with van der Waals surface area (Å²) < 4.78 is 16.0. The molecule has 1 N–H and O–H groups in total. The number of carbonyl (C=O) groups is 3. The minimum absolute atomic E-state index is 0.0511. The largest absolute Gasteiger partial charge is 0.497 e. The smallest absolute Gasteiger partial charge is 0.325 e. The zero-order valence-electron chi connectivity index (χ0n) is 20.5. The van der Waals surface area contributed by atoms with Crippen molar-refractivity contribution in [2.45, 2.75) is 31.8 Å². The predicted octanol–water partition coefficient (Wildman–Crippen LogP) is 3.08. The molecule has 0 unspecified atom stereocenters. The normalized spacial score (nSPS) is 20.6. The van der Waals surface area contributed by atoms with Crippen LogP contribution in [-0.4, -0.2) is 67.6 Å². The first kappa shape index (κ1) is 24.4. The van der Waals surface area contributed by atoms with Crippen LogP contribution in [0.1, 0.15) is 35.7 Å². The Morgan fingerprint density at radius 2 is 1.69 bits per heavy atom. The molecule has 9 heteroatoms. The van der Waals surface area contributed by atoms with Crippen LogP contribution in [0.3, 0.4) is 0 Å². The number of piperidine rings is 1. The zero-order valence-corrected chi connectivity index (χ0v) is 20.5. The van der Waals surface area contributed by atoms with Crippen LogP contribution in [0.15, 0.2) is 42.5 Å². The van der Waals surface area contributed by atoms with Crippen molar-refractivity contribution in [3.8, 4) is 17.2 Å². The number of urea groups is 1. The van der Waals surface area contributed by atoms with Crippen LogP contribution in [0, 0.1) is 5.92 Å². The van der Waals surface area contributed by atoms with Crippen LogP contribution in [0.25, 0.3) is 0 Å². The molecular formula is C26H31N3O6. The molecular weight excluding hydrogens is 450 g/mol. The van der Waals surface area contributed by atoms with Crippen molar-refractivity contribution in [2.24, 2.45) is 5.92 Å². The lowest BCUT2D eigenvalue weighted by Gasteiger charge is -2.39. The van der Waals surface area contributed by atoms with E-state index in [1.54, 1.807) is 61.4 Å². The molecule has 186 valence electrons. The third-order valence-electron chi connectivity index (χ3n) is 7.05. The number of nitrogens with one attached hydrogen (secondary N) is 1. The molecule has 2 aromatic rings. The Hall–Kier alpha value is -3.75. The van der Waals surface area contributed by atoms with Gasteiger partial charge in [0.25, 0.3) is 11.8 Å². The number of benzene rings is 2. The summed E-state index contributed by atoms with van der Waals surface area (Å²) in [5.41, 5.74) is 0.247. The van der Waals surface area contributed by atoms with Gasteiger partial charge in [-0.25, -0.2) is 4.79 Å². The first-order valence-electron chi connectivity index (χ1n) is 11.6. The Labute approximate surface area is 204 Å².